The van der Waals surface area contributed by atoms with E-state index < -0.39 is 0 Å². The average molecular weight is 385 g/mol. The molecule has 5 heteroatoms. The van der Waals surface area contributed by atoms with Crippen molar-refractivity contribution >= 4 is 29.0 Å². The fourth-order valence-corrected chi connectivity index (χ4v) is 3.56. The molecule has 0 N–H and O–H groups in total. The van der Waals surface area contributed by atoms with Gasteiger partial charge in [0.15, 0.2) is 5.78 Å². The van der Waals surface area contributed by atoms with Crippen molar-refractivity contribution < 1.29 is 9.59 Å². The predicted molar refractivity (Wildman–Crippen MR) is 110 cm³/mol. The molecular weight excluding hydrogens is 360 g/mol. The summed E-state index contributed by atoms with van der Waals surface area (Å²) in [4.78, 5) is 28.9. The molecule has 4 nitrogen and oxygen atoms in total. The highest BCUT2D eigenvalue weighted by Crippen LogP contribution is 2.24. The number of piperazine rings is 1. The normalized spacial score (nSPS) is 14.3. The zero-order valence-electron chi connectivity index (χ0n) is 15.9. The van der Waals surface area contributed by atoms with Crippen molar-refractivity contribution in [2.24, 2.45) is 0 Å². The van der Waals surface area contributed by atoms with Crippen LogP contribution in [0.2, 0.25) is 5.02 Å². The molecule has 142 valence electrons. The van der Waals surface area contributed by atoms with Crippen molar-refractivity contribution in [2.45, 2.75) is 26.7 Å². The Morgan fingerprint density at radius 2 is 1.59 bits per heavy atom. The molecule has 0 aliphatic carbocycles. The summed E-state index contributed by atoms with van der Waals surface area (Å²) in [5.41, 5.74) is 4.43. The Labute approximate surface area is 165 Å². The van der Waals surface area contributed by atoms with Gasteiger partial charge < -0.3 is 9.80 Å². The SMILES string of the molecule is Cc1cccc(N2CCN(C(=O)CCC(=O)c3ccc(Cl)cc3)CC2)c1C. The summed E-state index contributed by atoms with van der Waals surface area (Å²) in [5, 5.41) is 0.601. The average Bonchev–Trinajstić information content (AvgIpc) is 2.68. The van der Waals surface area contributed by atoms with Gasteiger partial charge in [-0.15, -0.1) is 0 Å². The Balaban J connectivity index is 1.50. The number of Topliss-reactive ketones (excluding diaryl/α,β-unsaturated/α-hetero) is 1. The van der Waals surface area contributed by atoms with E-state index in [0.717, 1.165) is 13.1 Å². The molecule has 0 unspecified atom stereocenters. The Morgan fingerprint density at radius 1 is 0.926 bits per heavy atom. The highest BCUT2D eigenvalue weighted by molar-refractivity contribution is 6.30. The molecule has 0 radical (unpaired) electrons. The zero-order chi connectivity index (χ0) is 19.4. The van der Waals surface area contributed by atoms with Crippen LogP contribution in [0.15, 0.2) is 42.5 Å². The summed E-state index contributed by atoms with van der Waals surface area (Å²) in [5.74, 6) is 0.0342. The van der Waals surface area contributed by atoms with Crippen LogP contribution in [-0.4, -0.2) is 42.8 Å². The first-order chi connectivity index (χ1) is 13.0. The Kier molecular flexibility index (Phi) is 6.17. The highest BCUT2D eigenvalue weighted by atomic mass is 35.5. The molecule has 0 atom stereocenters. The topological polar surface area (TPSA) is 40.6 Å². The molecule has 1 aliphatic rings. The predicted octanol–water partition coefficient (Wildman–Crippen LogP) is 4.27. The van der Waals surface area contributed by atoms with Crippen LogP contribution in [0, 0.1) is 13.8 Å². The van der Waals surface area contributed by atoms with E-state index in [9.17, 15) is 9.59 Å². The van der Waals surface area contributed by atoms with Gasteiger partial charge in [-0.1, -0.05) is 23.7 Å². The van der Waals surface area contributed by atoms with E-state index in [-0.39, 0.29) is 24.5 Å². The number of rotatable bonds is 5. The number of anilines is 1. The third kappa shape index (κ3) is 4.69. The molecule has 27 heavy (non-hydrogen) atoms. The minimum atomic E-state index is -0.0194. The lowest BCUT2D eigenvalue weighted by Gasteiger charge is -2.37. The van der Waals surface area contributed by atoms with Crippen LogP contribution >= 0.6 is 11.6 Å². The molecule has 2 aromatic carbocycles. The Morgan fingerprint density at radius 3 is 2.26 bits per heavy atom. The summed E-state index contributed by atoms with van der Waals surface area (Å²) in [7, 11) is 0. The van der Waals surface area contributed by atoms with E-state index in [1.165, 1.54) is 16.8 Å². The van der Waals surface area contributed by atoms with Crippen molar-refractivity contribution in [1.29, 1.82) is 0 Å². The quantitative estimate of drug-likeness (QED) is 0.723. The summed E-state index contributed by atoms with van der Waals surface area (Å²) in [6.45, 7) is 7.30. The molecule has 0 spiro atoms. The van der Waals surface area contributed by atoms with Crippen molar-refractivity contribution in [3.8, 4) is 0 Å². The molecular formula is C22H25ClN2O2. The van der Waals surface area contributed by atoms with Crippen LogP contribution in [-0.2, 0) is 4.79 Å². The standard InChI is InChI=1S/C22H25ClN2O2/c1-16-4-3-5-20(17(16)2)24-12-14-25(15-13-24)22(27)11-10-21(26)18-6-8-19(23)9-7-18/h3-9H,10-15H2,1-2H3. The fraction of sp³-hybridized carbons (Fsp3) is 0.364. The van der Waals surface area contributed by atoms with Gasteiger partial charge in [0.25, 0.3) is 0 Å². The number of hydrogen-bond acceptors (Lipinski definition) is 3. The third-order valence-corrected chi connectivity index (χ3v) is 5.53. The van der Waals surface area contributed by atoms with Crippen LogP contribution in [0.5, 0.6) is 0 Å². The van der Waals surface area contributed by atoms with Gasteiger partial charge in [0, 0.05) is 55.3 Å². The van der Waals surface area contributed by atoms with Crippen LogP contribution < -0.4 is 4.90 Å². The fourth-order valence-electron chi connectivity index (χ4n) is 3.43. The smallest absolute Gasteiger partial charge is 0.223 e. The number of ketones is 1. The lowest BCUT2D eigenvalue weighted by atomic mass is 10.1. The highest BCUT2D eigenvalue weighted by Gasteiger charge is 2.22. The first-order valence-electron chi connectivity index (χ1n) is 9.33. The summed E-state index contributed by atoms with van der Waals surface area (Å²) in [6.07, 6.45) is 0.489. The van der Waals surface area contributed by atoms with Gasteiger partial charge in [-0.25, -0.2) is 0 Å². The second-order valence-electron chi connectivity index (χ2n) is 7.02. The maximum absolute atomic E-state index is 12.5. The number of benzene rings is 2. The lowest BCUT2D eigenvalue weighted by molar-refractivity contribution is -0.131. The van der Waals surface area contributed by atoms with Gasteiger partial charge in [-0.3, -0.25) is 9.59 Å². The molecule has 0 aromatic heterocycles. The second kappa shape index (κ2) is 8.57. The first-order valence-corrected chi connectivity index (χ1v) is 9.71. The van der Waals surface area contributed by atoms with Crippen molar-refractivity contribution in [2.75, 3.05) is 31.1 Å². The van der Waals surface area contributed by atoms with Crippen molar-refractivity contribution in [3.63, 3.8) is 0 Å². The molecule has 2 aromatic rings. The van der Waals surface area contributed by atoms with Gasteiger partial charge in [-0.05, 0) is 55.3 Å². The molecule has 1 heterocycles. The minimum Gasteiger partial charge on any atom is -0.368 e. The van der Waals surface area contributed by atoms with Crippen LogP contribution in [0.1, 0.15) is 34.3 Å². The van der Waals surface area contributed by atoms with E-state index in [1.54, 1.807) is 24.3 Å². The molecule has 1 aliphatic heterocycles. The number of halogens is 1. The summed E-state index contributed by atoms with van der Waals surface area (Å²) >= 11 is 5.84. The van der Waals surface area contributed by atoms with Crippen LogP contribution in [0.4, 0.5) is 5.69 Å². The van der Waals surface area contributed by atoms with Gasteiger partial charge >= 0.3 is 0 Å². The van der Waals surface area contributed by atoms with Crippen molar-refractivity contribution in [3.05, 3.63) is 64.2 Å². The Bertz CT molecular complexity index is 825. The van der Waals surface area contributed by atoms with Crippen molar-refractivity contribution in [1.82, 2.24) is 4.90 Å². The largest absolute Gasteiger partial charge is 0.368 e. The van der Waals surface area contributed by atoms with Gasteiger partial charge in [0.1, 0.15) is 0 Å². The minimum absolute atomic E-state index is 0.0194. The number of nitrogens with zero attached hydrogens (tertiary/aromatic N) is 2. The van der Waals surface area contributed by atoms with Crippen LogP contribution in [0.25, 0.3) is 0 Å². The number of hydrogen-bond donors (Lipinski definition) is 0. The van der Waals surface area contributed by atoms with Gasteiger partial charge in [0.2, 0.25) is 5.91 Å². The van der Waals surface area contributed by atoms with E-state index >= 15 is 0 Å². The van der Waals surface area contributed by atoms with E-state index in [1.807, 2.05) is 4.90 Å². The van der Waals surface area contributed by atoms with E-state index in [0.29, 0.717) is 23.7 Å². The maximum atomic E-state index is 12.5. The molecule has 0 bridgehead atoms. The van der Waals surface area contributed by atoms with Gasteiger partial charge in [-0.2, -0.15) is 0 Å². The van der Waals surface area contributed by atoms with E-state index in [4.69, 9.17) is 11.6 Å². The Hall–Kier alpha value is -2.33. The van der Waals surface area contributed by atoms with Gasteiger partial charge in [0.05, 0.1) is 0 Å². The number of aryl methyl sites for hydroxylation is 1. The molecule has 3 rings (SSSR count). The van der Waals surface area contributed by atoms with Crippen LogP contribution in [0.3, 0.4) is 0 Å². The molecule has 1 saturated heterocycles. The number of amides is 1. The monoisotopic (exact) mass is 384 g/mol. The zero-order valence-corrected chi connectivity index (χ0v) is 16.6. The first kappa shape index (κ1) is 19.4. The molecule has 1 fully saturated rings. The third-order valence-electron chi connectivity index (χ3n) is 5.28. The maximum Gasteiger partial charge on any atom is 0.223 e. The molecule has 1 amide bonds. The molecule has 0 saturated carbocycles. The summed E-state index contributed by atoms with van der Waals surface area (Å²) < 4.78 is 0. The number of carbonyl (C=O) groups is 2. The van der Waals surface area contributed by atoms with E-state index in [2.05, 4.69) is 36.9 Å². The summed E-state index contributed by atoms with van der Waals surface area (Å²) in [6, 6.07) is 13.2. The number of carbonyl (C=O) groups excluding carboxylic acids is 2. The second-order valence-corrected chi connectivity index (χ2v) is 7.45. The lowest BCUT2D eigenvalue weighted by Crippen LogP contribution is -2.49.